The summed E-state index contributed by atoms with van der Waals surface area (Å²) >= 11 is 0. The lowest BCUT2D eigenvalue weighted by molar-refractivity contribution is 0.156. The predicted molar refractivity (Wildman–Crippen MR) is 72.3 cm³/mol. The molecule has 0 aromatic carbocycles. The third-order valence-corrected chi connectivity index (χ3v) is 2.75. The average molecular weight is 253 g/mol. The standard InChI is InChI=1S/C13H23N3O2/c1-6-7-14-12-11(17-5)13(16-8-15-12)18-10(4)9(2)3/h8-10H,6-7H2,1-5H3,(H,14,15,16). The van der Waals surface area contributed by atoms with Crippen LogP contribution in [-0.2, 0) is 0 Å². The minimum absolute atomic E-state index is 0.0767. The summed E-state index contributed by atoms with van der Waals surface area (Å²) in [4.78, 5) is 8.31. The Morgan fingerprint density at radius 1 is 1.28 bits per heavy atom. The second-order valence-electron chi connectivity index (χ2n) is 4.55. The Labute approximate surface area is 109 Å². The Morgan fingerprint density at radius 3 is 2.56 bits per heavy atom. The van der Waals surface area contributed by atoms with E-state index in [1.165, 1.54) is 6.33 Å². The molecule has 102 valence electrons. The molecule has 1 heterocycles. The lowest BCUT2D eigenvalue weighted by atomic mass is 10.1. The van der Waals surface area contributed by atoms with Crippen LogP contribution in [0.2, 0.25) is 0 Å². The van der Waals surface area contributed by atoms with Crippen LogP contribution < -0.4 is 14.8 Å². The van der Waals surface area contributed by atoms with E-state index in [9.17, 15) is 0 Å². The number of nitrogens with zero attached hydrogens (tertiary/aromatic N) is 2. The van der Waals surface area contributed by atoms with Gasteiger partial charge in [-0.1, -0.05) is 20.8 Å². The van der Waals surface area contributed by atoms with Gasteiger partial charge in [-0.25, -0.2) is 4.98 Å². The van der Waals surface area contributed by atoms with Crippen molar-refractivity contribution in [1.82, 2.24) is 9.97 Å². The maximum atomic E-state index is 5.80. The molecule has 1 N–H and O–H groups in total. The van der Waals surface area contributed by atoms with Gasteiger partial charge in [0.25, 0.3) is 5.88 Å². The summed E-state index contributed by atoms with van der Waals surface area (Å²) in [5, 5.41) is 3.20. The van der Waals surface area contributed by atoms with Crippen LogP contribution in [0.1, 0.15) is 34.1 Å². The van der Waals surface area contributed by atoms with Crippen molar-refractivity contribution in [1.29, 1.82) is 0 Å². The first-order valence-electron chi connectivity index (χ1n) is 6.39. The van der Waals surface area contributed by atoms with Crippen molar-refractivity contribution >= 4 is 5.82 Å². The second-order valence-corrected chi connectivity index (χ2v) is 4.55. The molecule has 1 aromatic heterocycles. The molecular weight excluding hydrogens is 230 g/mol. The number of ether oxygens (including phenoxy) is 2. The molecular formula is C13H23N3O2. The van der Waals surface area contributed by atoms with Crippen molar-refractivity contribution in [3.8, 4) is 11.6 Å². The zero-order valence-corrected chi connectivity index (χ0v) is 11.9. The van der Waals surface area contributed by atoms with Gasteiger partial charge < -0.3 is 14.8 Å². The van der Waals surface area contributed by atoms with Crippen molar-refractivity contribution in [2.75, 3.05) is 19.0 Å². The normalized spacial score (nSPS) is 12.3. The zero-order valence-electron chi connectivity index (χ0n) is 11.9. The van der Waals surface area contributed by atoms with Crippen molar-refractivity contribution in [3.05, 3.63) is 6.33 Å². The van der Waals surface area contributed by atoms with E-state index in [2.05, 4.69) is 36.1 Å². The first-order valence-corrected chi connectivity index (χ1v) is 6.39. The van der Waals surface area contributed by atoms with Gasteiger partial charge in [0, 0.05) is 6.54 Å². The van der Waals surface area contributed by atoms with E-state index in [1.807, 2.05) is 6.92 Å². The average Bonchev–Trinajstić information content (AvgIpc) is 2.36. The Hall–Kier alpha value is -1.52. The highest BCUT2D eigenvalue weighted by molar-refractivity contribution is 5.55. The van der Waals surface area contributed by atoms with E-state index >= 15 is 0 Å². The van der Waals surface area contributed by atoms with E-state index in [-0.39, 0.29) is 6.10 Å². The zero-order chi connectivity index (χ0) is 13.5. The van der Waals surface area contributed by atoms with Gasteiger partial charge in [0.2, 0.25) is 5.75 Å². The maximum Gasteiger partial charge on any atom is 0.262 e. The SMILES string of the molecule is CCCNc1ncnc(OC(C)C(C)C)c1OC. The molecule has 1 aromatic rings. The van der Waals surface area contributed by atoms with Gasteiger partial charge >= 0.3 is 0 Å². The number of methoxy groups -OCH3 is 1. The van der Waals surface area contributed by atoms with Gasteiger partial charge in [-0.2, -0.15) is 4.98 Å². The van der Waals surface area contributed by atoms with Crippen molar-refractivity contribution in [2.24, 2.45) is 5.92 Å². The summed E-state index contributed by atoms with van der Waals surface area (Å²) in [6.07, 6.45) is 2.59. The minimum Gasteiger partial charge on any atom is -0.489 e. The lowest BCUT2D eigenvalue weighted by Crippen LogP contribution is -2.20. The smallest absolute Gasteiger partial charge is 0.262 e. The fraction of sp³-hybridized carbons (Fsp3) is 0.692. The molecule has 0 saturated heterocycles. The molecule has 5 heteroatoms. The molecule has 0 bridgehead atoms. The molecule has 0 spiro atoms. The topological polar surface area (TPSA) is 56.3 Å². The molecule has 1 rings (SSSR count). The van der Waals surface area contributed by atoms with Crippen LogP contribution in [0.4, 0.5) is 5.82 Å². The molecule has 0 fully saturated rings. The third-order valence-electron chi connectivity index (χ3n) is 2.75. The molecule has 18 heavy (non-hydrogen) atoms. The number of aromatic nitrogens is 2. The number of hydrogen-bond acceptors (Lipinski definition) is 5. The van der Waals surface area contributed by atoms with Crippen molar-refractivity contribution in [2.45, 2.75) is 40.2 Å². The van der Waals surface area contributed by atoms with Gasteiger partial charge in [0.1, 0.15) is 12.4 Å². The summed E-state index contributed by atoms with van der Waals surface area (Å²) in [5.74, 6) is 2.16. The van der Waals surface area contributed by atoms with Gasteiger partial charge in [-0.05, 0) is 19.3 Å². The Balaban J connectivity index is 2.90. The van der Waals surface area contributed by atoms with Gasteiger partial charge in [-0.15, -0.1) is 0 Å². The lowest BCUT2D eigenvalue weighted by Gasteiger charge is -2.19. The van der Waals surface area contributed by atoms with Crippen LogP contribution in [-0.4, -0.2) is 29.7 Å². The van der Waals surface area contributed by atoms with Crippen molar-refractivity contribution in [3.63, 3.8) is 0 Å². The fourth-order valence-electron chi connectivity index (χ4n) is 1.31. The Morgan fingerprint density at radius 2 is 2.00 bits per heavy atom. The van der Waals surface area contributed by atoms with Crippen LogP contribution in [0.5, 0.6) is 11.6 Å². The van der Waals surface area contributed by atoms with Gasteiger partial charge in [0.15, 0.2) is 5.82 Å². The Bertz CT molecular complexity index is 369. The van der Waals surface area contributed by atoms with Crippen molar-refractivity contribution < 1.29 is 9.47 Å². The quantitative estimate of drug-likeness (QED) is 0.809. The summed E-state index contributed by atoms with van der Waals surface area (Å²) < 4.78 is 11.1. The van der Waals surface area contributed by atoms with E-state index in [0.29, 0.717) is 23.4 Å². The molecule has 0 aliphatic carbocycles. The van der Waals surface area contributed by atoms with Crippen LogP contribution in [0, 0.1) is 5.92 Å². The molecule has 0 saturated carbocycles. The monoisotopic (exact) mass is 253 g/mol. The number of nitrogens with one attached hydrogen (secondary N) is 1. The van der Waals surface area contributed by atoms with Gasteiger partial charge in [-0.3, -0.25) is 0 Å². The Kier molecular flexibility index (Phi) is 5.68. The van der Waals surface area contributed by atoms with Crippen LogP contribution in [0.3, 0.4) is 0 Å². The maximum absolute atomic E-state index is 5.80. The molecule has 0 amide bonds. The highest BCUT2D eigenvalue weighted by atomic mass is 16.5. The van der Waals surface area contributed by atoms with E-state index < -0.39 is 0 Å². The van der Waals surface area contributed by atoms with E-state index in [1.54, 1.807) is 7.11 Å². The molecule has 1 unspecified atom stereocenters. The molecule has 5 nitrogen and oxygen atoms in total. The number of rotatable bonds is 7. The van der Waals surface area contributed by atoms with Crippen LogP contribution >= 0.6 is 0 Å². The van der Waals surface area contributed by atoms with E-state index in [0.717, 1.165) is 13.0 Å². The van der Waals surface area contributed by atoms with Crippen LogP contribution in [0.15, 0.2) is 6.33 Å². The summed E-state index contributed by atoms with van der Waals surface area (Å²) in [6, 6.07) is 0. The second kappa shape index (κ2) is 7.03. The summed E-state index contributed by atoms with van der Waals surface area (Å²) in [7, 11) is 1.60. The summed E-state index contributed by atoms with van der Waals surface area (Å²) in [5.41, 5.74) is 0. The number of hydrogen-bond donors (Lipinski definition) is 1. The molecule has 0 aliphatic heterocycles. The van der Waals surface area contributed by atoms with E-state index in [4.69, 9.17) is 9.47 Å². The van der Waals surface area contributed by atoms with Gasteiger partial charge in [0.05, 0.1) is 7.11 Å². The highest BCUT2D eigenvalue weighted by Gasteiger charge is 2.17. The third kappa shape index (κ3) is 3.75. The predicted octanol–water partition coefficient (Wildman–Crippen LogP) is 2.73. The summed E-state index contributed by atoms with van der Waals surface area (Å²) in [6.45, 7) is 9.17. The molecule has 0 aliphatic rings. The van der Waals surface area contributed by atoms with Crippen LogP contribution in [0.25, 0.3) is 0 Å². The molecule has 1 atom stereocenters. The largest absolute Gasteiger partial charge is 0.489 e. The first-order chi connectivity index (χ1) is 8.60. The fourth-order valence-corrected chi connectivity index (χ4v) is 1.31. The first kappa shape index (κ1) is 14.5. The minimum atomic E-state index is 0.0767. The number of anilines is 1. The molecule has 0 radical (unpaired) electrons. The highest BCUT2D eigenvalue weighted by Crippen LogP contribution is 2.32.